The zero-order valence-corrected chi connectivity index (χ0v) is 9.95. The van der Waals surface area contributed by atoms with E-state index in [1.54, 1.807) is 0 Å². The van der Waals surface area contributed by atoms with Gasteiger partial charge < -0.3 is 9.47 Å². The molecule has 0 aliphatic heterocycles. The van der Waals surface area contributed by atoms with E-state index in [1.165, 1.54) is 26.4 Å². The van der Waals surface area contributed by atoms with Crippen molar-refractivity contribution in [2.45, 2.75) is 6.42 Å². The van der Waals surface area contributed by atoms with Crippen LogP contribution in [0.4, 0.5) is 4.39 Å². The number of halogens is 1. The van der Waals surface area contributed by atoms with E-state index >= 15 is 0 Å². The lowest BCUT2D eigenvalue weighted by Crippen LogP contribution is -2.02. The van der Waals surface area contributed by atoms with Gasteiger partial charge in [-0.05, 0) is 18.2 Å². The van der Waals surface area contributed by atoms with Gasteiger partial charge in [-0.3, -0.25) is 4.79 Å². The maximum atomic E-state index is 13.5. The average Bonchev–Trinajstić information content (AvgIpc) is 2.39. The number of methoxy groups -OCH3 is 2. The maximum Gasteiger partial charge on any atom is 0.337 e. The SMILES string of the molecule is COC(=O)CC#Cc1ccc(C(=O)OC)cc1F. The number of ether oxygens (including phenoxy) is 2. The number of hydrogen-bond acceptors (Lipinski definition) is 4. The molecule has 0 N–H and O–H groups in total. The molecular formula is C13H11FO4. The first-order valence-corrected chi connectivity index (χ1v) is 5.02. The van der Waals surface area contributed by atoms with Crippen LogP contribution in [0.3, 0.4) is 0 Å². The van der Waals surface area contributed by atoms with Crippen LogP contribution in [0.25, 0.3) is 0 Å². The van der Waals surface area contributed by atoms with Gasteiger partial charge in [0.05, 0.1) is 25.3 Å². The fraction of sp³-hybridized carbons (Fsp3) is 0.231. The van der Waals surface area contributed by atoms with Crippen LogP contribution in [-0.2, 0) is 14.3 Å². The highest BCUT2D eigenvalue weighted by molar-refractivity contribution is 5.89. The highest BCUT2D eigenvalue weighted by Gasteiger charge is 2.08. The molecule has 0 aromatic heterocycles. The first kappa shape index (κ1) is 13.7. The number of hydrogen-bond donors (Lipinski definition) is 0. The van der Waals surface area contributed by atoms with E-state index in [1.807, 2.05) is 0 Å². The lowest BCUT2D eigenvalue weighted by atomic mass is 10.1. The van der Waals surface area contributed by atoms with Crippen LogP contribution in [0, 0.1) is 17.7 Å². The summed E-state index contributed by atoms with van der Waals surface area (Å²) in [5.74, 6) is 3.20. The Morgan fingerprint density at radius 1 is 1.28 bits per heavy atom. The van der Waals surface area contributed by atoms with Crippen molar-refractivity contribution in [2.24, 2.45) is 0 Å². The van der Waals surface area contributed by atoms with Crippen LogP contribution in [-0.4, -0.2) is 26.2 Å². The van der Waals surface area contributed by atoms with Crippen LogP contribution in [0.15, 0.2) is 18.2 Å². The summed E-state index contributed by atoms with van der Waals surface area (Å²) in [6.07, 6.45) is -0.116. The summed E-state index contributed by atoms with van der Waals surface area (Å²) in [7, 11) is 2.46. The van der Waals surface area contributed by atoms with Crippen molar-refractivity contribution in [3.05, 3.63) is 35.1 Å². The topological polar surface area (TPSA) is 52.6 Å². The second-order valence-electron chi connectivity index (χ2n) is 3.24. The van der Waals surface area contributed by atoms with E-state index in [-0.39, 0.29) is 17.5 Å². The van der Waals surface area contributed by atoms with E-state index < -0.39 is 17.8 Å². The molecule has 0 fully saturated rings. The van der Waals surface area contributed by atoms with Crippen LogP contribution in [0.5, 0.6) is 0 Å². The normalized spacial score (nSPS) is 9.06. The van der Waals surface area contributed by atoms with Crippen molar-refractivity contribution >= 4 is 11.9 Å². The lowest BCUT2D eigenvalue weighted by Gasteiger charge is -2.00. The molecule has 5 heteroatoms. The van der Waals surface area contributed by atoms with Crippen molar-refractivity contribution in [3.63, 3.8) is 0 Å². The first-order valence-electron chi connectivity index (χ1n) is 5.02. The average molecular weight is 250 g/mol. The van der Waals surface area contributed by atoms with E-state index in [0.717, 1.165) is 6.07 Å². The molecule has 0 spiro atoms. The van der Waals surface area contributed by atoms with E-state index in [0.29, 0.717) is 0 Å². The van der Waals surface area contributed by atoms with E-state index in [9.17, 15) is 14.0 Å². The molecule has 94 valence electrons. The van der Waals surface area contributed by atoms with Gasteiger partial charge in [0.1, 0.15) is 12.2 Å². The summed E-state index contributed by atoms with van der Waals surface area (Å²) < 4.78 is 22.4. The highest BCUT2D eigenvalue weighted by Crippen LogP contribution is 2.10. The number of esters is 2. The predicted molar refractivity (Wildman–Crippen MR) is 61.3 cm³/mol. The maximum absolute atomic E-state index is 13.5. The monoisotopic (exact) mass is 250 g/mol. The molecule has 18 heavy (non-hydrogen) atoms. The third-order valence-electron chi connectivity index (χ3n) is 2.07. The third-order valence-corrected chi connectivity index (χ3v) is 2.07. The summed E-state index contributed by atoms with van der Waals surface area (Å²) in [5, 5.41) is 0. The number of carbonyl (C=O) groups excluding carboxylic acids is 2. The molecule has 1 aromatic carbocycles. The van der Waals surface area contributed by atoms with Crippen molar-refractivity contribution in [1.82, 2.24) is 0 Å². The molecule has 0 aliphatic carbocycles. The second kappa shape index (κ2) is 6.40. The Kier molecular flexibility index (Phi) is 4.88. The molecule has 0 radical (unpaired) electrons. The zero-order chi connectivity index (χ0) is 13.5. The summed E-state index contributed by atoms with van der Waals surface area (Å²) in [4.78, 5) is 21.9. The van der Waals surface area contributed by atoms with Gasteiger partial charge in [-0.15, -0.1) is 0 Å². The van der Waals surface area contributed by atoms with Crippen molar-refractivity contribution in [1.29, 1.82) is 0 Å². The molecule has 0 amide bonds. The minimum absolute atomic E-state index is 0.103. The largest absolute Gasteiger partial charge is 0.468 e. The fourth-order valence-electron chi connectivity index (χ4n) is 1.15. The standard InChI is InChI=1S/C13H11FO4/c1-17-12(15)5-3-4-9-6-7-10(8-11(9)14)13(16)18-2/h6-8H,5H2,1-2H3. The zero-order valence-electron chi connectivity index (χ0n) is 9.95. The molecule has 0 saturated carbocycles. The van der Waals surface area contributed by atoms with Crippen molar-refractivity contribution < 1.29 is 23.5 Å². The molecule has 1 rings (SSSR count). The van der Waals surface area contributed by atoms with Crippen LogP contribution in [0.1, 0.15) is 22.3 Å². The minimum Gasteiger partial charge on any atom is -0.468 e. The lowest BCUT2D eigenvalue weighted by molar-refractivity contribution is -0.139. The number of rotatable bonds is 2. The van der Waals surface area contributed by atoms with Gasteiger partial charge in [-0.25, -0.2) is 9.18 Å². The van der Waals surface area contributed by atoms with Gasteiger partial charge in [-0.1, -0.05) is 11.8 Å². The predicted octanol–water partition coefficient (Wildman–Crippen LogP) is 1.53. The van der Waals surface area contributed by atoms with Gasteiger partial charge in [0.2, 0.25) is 0 Å². The first-order chi connectivity index (χ1) is 8.58. The molecule has 0 heterocycles. The quantitative estimate of drug-likeness (QED) is 0.590. The molecule has 1 aromatic rings. The Morgan fingerprint density at radius 2 is 2.00 bits per heavy atom. The second-order valence-corrected chi connectivity index (χ2v) is 3.24. The molecule has 0 unspecified atom stereocenters. The van der Waals surface area contributed by atoms with Gasteiger partial charge in [0.15, 0.2) is 0 Å². The molecular weight excluding hydrogens is 239 g/mol. The molecule has 0 aliphatic rings. The van der Waals surface area contributed by atoms with E-state index in [2.05, 4.69) is 21.3 Å². The summed E-state index contributed by atoms with van der Waals surface area (Å²) in [5.41, 5.74) is 0.208. The Morgan fingerprint density at radius 3 is 2.56 bits per heavy atom. The Hall–Kier alpha value is -2.35. The summed E-state index contributed by atoms with van der Waals surface area (Å²) in [6.45, 7) is 0. The smallest absolute Gasteiger partial charge is 0.337 e. The fourth-order valence-corrected chi connectivity index (χ4v) is 1.15. The number of benzene rings is 1. The van der Waals surface area contributed by atoms with Crippen LogP contribution < -0.4 is 0 Å². The summed E-state index contributed by atoms with van der Waals surface area (Å²) >= 11 is 0. The third kappa shape index (κ3) is 3.59. The molecule has 0 atom stereocenters. The Labute approximate surface area is 104 Å². The van der Waals surface area contributed by atoms with Crippen molar-refractivity contribution in [3.8, 4) is 11.8 Å². The van der Waals surface area contributed by atoms with Gasteiger partial charge >= 0.3 is 11.9 Å². The highest BCUT2D eigenvalue weighted by atomic mass is 19.1. The van der Waals surface area contributed by atoms with Crippen molar-refractivity contribution in [2.75, 3.05) is 14.2 Å². The summed E-state index contributed by atoms with van der Waals surface area (Å²) in [6, 6.07) is 3.79. The molecule has 0 saturated heterocycles. The van der Waals surface area contributed by atoms with Gasteiger partial charge in [0.25, 0.3) is 0 Å². The van der Waals surface area contributed by atoms with Crippen LogP contribution >= 0.6 is 0 Å². The Balaban J connectivity index is 2.86. The van der Waals surface area contributed by atoms with Crippen LogP contribution in [0.2, 0.25) is 0 Å². The molecule has 0 bridgehead atoms. The van der Waals surface area contributed by atoms with Gasteiger partial charge in [-0.2, -0.15) is 0 Å². The van der Waals surface area contributed by atoms with Gasteiger partial charge in [0, 0.05) is 0 Å². The number of carbonyl (C=O) groups is 2. The minimum atomic E-state index is -0.643. The molecule has 4 nitrogen and oxygen atoms in total. The van der Waals surface area contributed by atoms with E-state index in [4.69, 9.17) is 0 Å². The Bertz CT molecular complexity index is 526.